The lowest BCUT2D eigenvalue weighted by atomic mass is 10.4. The average Bonchev–Trinajstić information content (AvgIpc) is 2.89. The van der Waals surface area contributed by atoms with Crippen molar-refractivity contribution >= 4 is 10.0 Å². The van der Waals surface area contributed by atoms with Gasteiger partial charge in [0.1, 0.15) is 0 Å². The highest BCUT2D eigenvalue weighted by Crippen LogP contribution is 2.18. The van der Waals surface area contributed by atoms with Crippen molar-refractivity contribution in [3.8, 4) is 0 Å². The Bertz CT molecular complexity index is 409. The van der Waals surface area contributed by atoms with Gasteiger partial charge in [0, 0.05) is 25.0 Å². The van der Waals surface area contributed by atoms with Crippen LogP contribution in [0.2, 0.25) is 0 Å². The van der Waals surface area contributed by atoms with Crippen molar-refractivity contribution in [2.24, 2.45) is 0 Å². The van der Waals surface area contributed by atoms with Crippen molar-refractivity contribution in [3.63, 3.8) is 0 Å². The minimum atomic E-state index is -3.31. The zero-order valence-corrected chi connectivity index (χ0v) is 9.89. The van der Waals surface area contributed by atoms with Crippen LogP contribution in [0.1, 0.15) is 19.3 Å². The molecule has 0 amide bonds. The molecule has 16 heavy (non-hydrogen) atoms. The molecule has 1 aliphatic carbocycles. The molecule has 5 nitrogen and oxygen atoms in total. The van der Waals surface area contributed by atoms with E-state index in [-0.39, 0.29) is 0 Å². The lowest BCUT2D eigenvalue weighted by Crippen LogP contribution is -2.27. The van der Waals surface area contributed by atoms with Crippen molar-refractivity contribution in [2.45, 2.75) is 30.2 Å². The van der Waals surface area contributed by atoms with Gasteiger partial charge in [0.25, 0.3) is 0 Å². The molecule has 0 aromatic carbocycles. The zero-order valence-electron chi connectivity index (χ0n) is 9.07. The number of nitrogens with one attached hydrogen (secondary N) is 3. The molecular weight excluding hydrogens is 226 g/mol. The predicted molar refractivity (Wildman–Crippen MR) is 61.6 cm³/mol. The van der Waals surface area contributed by atoms with E-state index in [0.717, 1.165) is 13.0 Å². The van der Waals surface area contributed by atoms with E-state index < -0.39 is 10.0 Å². The molecule has 3 N–H and O–H groups in total. The van der Waals surface area contributed by atoms with E-state index >= 15 is 0 Å². The van der Waals surface area contributed by atoms with E-state index in [4.69, 9.17) is 0 Å². The zero-order chi connectivity index (χ0) is 11.4. The summed E-state index contributed by atoms with van der Waals surface area (Å²) >= 11 is 0. The third-order valence-electron chi connectivity index (χ3n) is 2.54. The van der Waals surface area contributed by atoms with Crippen LogP contribution in [0.15, 0.2) is 23.4 Å². The van der Waals surface area contributed by atoms with Gasteiger partial charge < -0.3 is 10.3 Å². The van der Waals surface area contributed by atoms with Crippen LogP contribution in [0, 0.1) is 0 Å². The Morgan fingerprint density at radius 3 is 2.81 bits per heavy atom. The fourth-order valence-electron chi connectivity index (χ4n) is 1.45. The van der Waals surface area contributed by atoms with Crippen molar-refractivity contribution in [1.82, 2.24) is 15.0 Å². The van der Waals surface area contributed by atoms with Crippen LogP contribution in [0.5, 0.6) is 0 Å². The Morgan fingerprint density at radius 2 is 2.19 bits per heavy atom. The number of hydrogen-bond acceptors (Lipinski definition) is 3. The maximum atomic E-state index is 11.7. The Balaban J connectivity index is 1.68. The van der Waals surface area contributed by atoms with Crippen molar-refractivity contribution < 1.29 is 8.42 Å². The summed E-state index contributed by atoms with van der Waals surface area (Å²) in [5.41, 5.74) is 0. The Labute approximate surface area is 95.7 Å². The van der Waals surface area contributed by atoms with Crippen molar-refractivity contribution in [1.29, 1.82) is 0 Å². The summed E-state index contributed by atoms with van der Waals surface area (Å²) < 4.78 is 25.9. The maximum absolute atomic E-state index is 11.7. The van der Waals surface area contributed by atoms with Gasteiger partial charge in [0.2, 0.25) is 10.0 Å². The molecule has 1 heterocycles. The molecule has 0 radical (unpaired) electrons. The monoisotopic (exact) mass is 243 g/mol. The Kier molecular flexibility index (Phi) is 3.63. The first kappa shape index (κ1) is 11.6. The number of aromatic nitrogens is 1. The quantitative estimate of drug-likeness (QED) is 0.608. The highest BCUT2D eigenvalue weighted by molar-refractivity contribution is 7.89. The van der Waals surface area contributed by atoms with Crippen LogP contribution in [-0.4, -0.2) is 32.5 Å². The van der Waals surface area contributed by atoms with Crippen LogP contribution in [0.25, 0.3) is 0 Å². The third-order valence-corrected chi connectivity index (χ3v) is 3.99. The summed E-state index contributed by atoms with van der Waals surface area (Å²) in [5, 5.41) is 3.34. The molecule has 6 heteroatoms. The van der Waals surface area contributed by atoms with Gasteiger partial charge in [0.15, 0.2) is 0 Å². The van der Waals surface area contributed by atoms with E-state index in [2.05, 4.69) is 15.0 Å². The lowest BCUT2D eigenvalue weighted by molar-refractivity contribution is 0.573. The van der Waals surface area contributed by atoms with E-state index in [1.807, 2.05) is 0 Å². The number of H-pyrrole nitrogens is 1. The standard InChI is InChI=1S/C10H17N3O2S/c14-16(15,10-4-7-11-8-10)13-6-1-5-12-9-2-3-9/h4,7-9,11-13H,1-3,5-6H2. The number of aromatic amines is 1. The molecule has 1 saturated carbocycles. The molecule has 1 fully saturated rings. The molecule has 0 unspecified atom stereocenters. The van der Waals surface area contributed by atoms with Crippen LogP contribution >= 0.6 is 0 Å². The second kappa shape index (κ2) is 4.99. The van der Waals surface area contributed by atoms with E-state index in [1.54, 1.807) is 12.3 Å². The SMILES string of the molecule is O=S(=O)(NCCCNC1CC1)c1cc[nH]c1. The third kappa shape index (κ3) is 3.33. The van der Waals surface area contributed by atoms with Crippen LogP contribution in [0.3, 0.4) is 0 Å². The number of sulfonamides is 1. The largest absolute Gasteiger partial charge is 0.366 e. The second-order valence-electron chi connectivity index (χ2n) is 4.03. The van der Waals surface area contributed by atoms with Crippen molar-refractivity contribution in [3.05, 3.63) is 18.5 Å². The average molecular weight is 243 g/mol. The molecular formula is C10H17N3O2S. The van der Waals surface area contributed by atoms with Gasteiger partial charge in [-0.05, 0) is 31.9 Å². The van der Waals surface area contributed by atoms with Crippen LogP contribution in [0.4, 0.5) is 0 Å². The fraction of sp³-hybridized carbons (Fsp3) is 0.600. The van der Waals surface area contributed by atoms with E-state index in [1.165, 1.54) is 19.0 Å². The minimum Gasteiger partial charge on any atom is -0.366 e. The maximum Gasteiger partial charge on any atom is 0.242 e. The normalized spacial score (nSPS) is 16.5. The van der Waals surface area contributed by atoms with Gasteiger partial charge in [-0.3, -0.25) is 0 Å². The first-order valence-electron chi connectivity index (χ1n) is 5.54. The summed E-state index contributed by atoms with van der Waals surface area (Å²) in [6.45, 7) is 1.35. The fourth-order valence-corrected chi connectivity index (χ4v) is 2.50. The lowest BCUT2D eigenvalue weighted by Gasteiger charge is -2.05. The van der Waals surface area contributed by atoms with Gasteiger partial charge in [-0.15, -0.1) is 0 Å². The van der Waals surface area contributed by atoms with Crippen molar-refractivity contribution in [2.75, 3.05) is 13.1 Å². The first-order valence-corrected chi connectivity index (χ1v) is 7.03. The summed E-state index contributed by atoms with van der Waals surface area (Å²) in [6, 6.07) is 2.23. The summed E-state index contributed by atoms with van der Waals surface area (Å²) in [6.07, 6.45) is 6.41. The topological polar surface area (TPSA) is 74.0 Å². The van der Waals surface area contributed by atoms with E-state index in [0.29, 0.717) is 17.5 Å². The molecule has 90 valence electrons. The van der Waals surface area contributed by atoms with Gasteiger partial charge >= 0.3 is 0 Å². The molecule has 2 rings (SSSR count). The molecule has 0 atom stereocenters. The highest BCUT2D eigenvalue weighted by Gasteiger charge is 2.19. The molecule has 0 spiro atoms. The van der Waals surface area contributed by atoms with Gasteiger partial charge in [0.05, 0.1) is 4.90 Å². The highest BCUT2D eigenvalue weighted by atomic mass is 32.2. The minimum absolute atomic E-state index is 0.294. The van der Waals surface area contributed by atoms with Gasteiger partial charge in [-0.1, -0.05) is 0 Å². The summed E-state index contributed by atoms with van der Waals surface area (Å²) in [4.78, 5) is 3.02. The van der Waals surface area contributed by atoms with Crippen LogP contribution in [-0.2, 0) is 10.0 Å². The van der Waals surface area contributed by atoms with E-state index in [9.17, 15) is 8.42 Å². The van der Waals surface area contributed by atoms with Gasteiger partial charge in [-0.25, -0.2) is 13.1 Å². The number of hydrogen-bond donors (Lipinski definition) is 3. The molecule has 0 aliphatic heterocycles. The summed E-state index contributed by atoms with van der Waals surface area (Å²) in [5.74, 6) is 0. The Hall–Kier alpha value is -0.850. The first-order chi connectivity index (χ1) is 7.68. The van der Waals surface area contributed by atoms with Crippen LogP contribution < -0.4 is 10.0 Å². The predicted octanol–water partition coefficient (Wildman–Crippen LogP) is 0.435. The second-order valence-corrected chi connectivity index (χ2v) is 5.79. The molecule has 0 bridgehead atoms. The molecule has 1 aliphatic rings. The van der Waals surface area contributed by atoms with Gasteiger partial charge in [-0.2, -0.15) is 0 Å². The molecule has 1 aromatic heterocycles. The summed E-state index contributed by atoms with van der Waals surface area (Å²) in [7, 11) is -3.31. The molecule has 0 saturated heterocycles. The smallest absolute Gasteiger partial charge is 0.242 e. The molecule has 1 aromatic rings. The number of rotatable bonds is 7. The Morgan fingerprint density at radius 1 is 1.38 bits per heavy atom.